The number of hydrogen-bond donors (Lipinski definition) is 0. The van der Waals surface area contributed by atoms with E-state index in [0.29, 0.717) is 39.5 Å². The number of halogens is 1. The topological polar surface area (TPSA) is 86.4 Å². The Hall–Kier alpha value is -2.94. The van der Waals surface area contributed by atoms with Crippen LogP contribution in [-0.2, 0) is 5.75 Å². The summed E-state index contributed by atoms with van der Waals surface area (Å²) in [7, 11) is 0. The summed E-state index contributed by atoms with van der Waals surface area (Å²) < 4.78 is 24.9. The van der Waals surface area contributed by atoms with Crippen LogP contribution in [0.5, 0.6) is 0 Å². The van der Waals surface area contributed by atoms with Crippen LogP contribution in [0.1, 0.15) is 11.5 Å². The maximum atomic E-state index is 12.9. The van der Waals surface area contributed by atoms with Gasteiger partial charge in [-0.2, -0.15) is 0 Å². The van der Waals surface area contributed by atoms with Gasteiger partial charge in [0.05, 0.1) is 5.69 Å². The number of fused-ring (bicyclic) bond motifs is 1. The predicted octanol–water partition coefficient (Wildman–Crippen LogP) is 3.08. The summed E-state index contributed by atoms with van der Waals surface area (Å²) in [5.41, 5.74) is 1.38. The molecule has 126 valence electrons. The SMILES string of the molecule is Cc1cc2nc(CSc3nnc(-c4ccc(F)cc4)o3)cc(=O)n2o1. The Labute approximate surface area is 144 Å². The summed E-state index contributed by atoms with van der Waals surface area (Å²) in [6.45, 7) is 1.75. The van der Waals surface area contributed by atoms with Gasteiger partial charge in [-0.25, -0.2) is 9.37 Å². The first-order valence-electron chi connectivity index (χ1n) is 7.30. The van der Waals surface area contributed by atoms with Crippen LogP contribution in [-0.4, -0.2) is 19.8 Å². The molecule has 4 aromatic rings. The zero-order valence-corrected chi connectivity index (χ0v) is 13.8. The van der Waals surface area contributed by atoms with Gasteiger partial charge in [-0.15, -0.1) is 14.8 Å². The van der Waals surface area contributed by atoms with E-state index in [2.05, 4.69) is 15.2 Å². The molecule has 4 rings (SSSR count). The van der Waals surface area contributed by atoms with E-state index >= 15 is 0 Å². The Morgan fingerprint density at radius 1 is 1.20 bits per heavy atom. The molecule has 0 bridgehead atoms. The standard InChI is InChI=1S/C16H11FN4O3S/c1-9-6-13-18-12(7-14(22)21(13)24-9)8-25-16-20-19-15(23-16)10-2-4-11(17)5-3-10/h2-7H,8H2,1H3. The van der Waals surface area contributed by atoms with Crippen molar-refractivity contribution in [3.05, 3.63) is 64.0 Å². The van der Waals surface area contributed by atoms with Gasteiger partial charge in [-0.3, -0.25) is 4.79 Å². The van der Waals surface area contributed by atoms with Crippen LogP contribution < -0.4 is 5.56 Å². The van der Waals surface area contributed by atoms with Gasteiger partial charge in [-0.1, -0.05) is 11.8 Å². The van der Waals surface area contributed by atoms with Crippen molar-refractivity contribution >= 4 is 17.4 Å². The van der Waals surface area contributed by atoms with Gasteiger partial charge in [0.1, 0.15) is 11.6 Å². The Morgan fingerprint density at radius 3 is 2.80 bits per heavy atom. The molecule has 0 fully saturated rings. The molecule has 7 nitrogen and oxygen atoms in total. The van der Waals surface area contributed by atoms with Crippen LogP contribution in [0.2, 0.25) is 0 Å². The summed E-state index contributed by atoms with van der Waals surface area (Å²) in [5.74, 6) is 0.966. The lowest BCUT2D eigenvalue weighted by atomic mass is 10.2. The fourth-order valence-corrected chi connectivity index (χ4v) is 2.92. The summed E-state index contributed by atoms with van der Waals surface area (Å²) >= 11 is 1.26. The van der Waals surface area contributed by atoms with E-state index in [-0.39, 0.29) is 11.4 Å². The predicted molar refractivity (Wildman–Crippen MR) is 87.7 cm³/mol. The molecule has 0 amide bonds. The molecule has 0 aliphatic heterocycles. The van der Waals surface area contributed by atoms with Crippen molar-refractivity contribution in [3.8, 4) is 11.5 Å². The molecule has 0 aliphatic carbocycles. The lowest BCUT2D eigenvalue weighted by Gasteiger charge is -1.98. The molecule has 0 saturated heterocycles. The first kappa shape index (κ1) is 15.6. The van der Waals surface area contributed by atoms with Crippen molar-refractivity contribution in [2.45, 2.75) is 17.9 Å². The van der Waals surface area contributed by atoms with E-state index in [9.17, 15) is 9.18 Å². The molecule has 3 aromatic heterocycles. The first-order chi connectivity index (χ1) is 12.1. The fraction of sp³-hybridized carbons (Fsp3) is 0.125. The molecule has 9 heteroatoms. The molecule has 0 atom stereocenters. The van der Waals surface area contributed by atoms with Crippen LogP contribution in [0.25, 0.3) is 17.1 Å². The van der Waals surface area contributed by atoms with E-state index in [0.717, 1.165) is 4.57 Å². The van der Waals surface area contributed by atoms with Crippen molar-refractivity contribution < 1.29 is 13.3 Å². The molecule has 0 aliphatic rings. The van der Waals surface area contributed by atoms with Gasteiger partial charge >= 0.3 is 0 Å². The maximum Gasteiger partial charge on any atom is 0.287 e. The van der Waals surface area contributed by atoms with E-state index < -0.39 is 0 Å². The average Bonchev–Trinajstić information content (AvgIpc) is 3.20. The quantitative estimate of drug-likeness (QED) is 0.518. The Morgan fingerprint density at radius 2 is 2.00 bits per heavy atom. The van der Waals surface area contributed by atoms with Gasteiger partial charge in [-0.05, 0) is 31.2 Å². The van der Waals surface area contributed by atoms with Gasteiger partial charge in [0, 0.05) is 23.4 Å². The molecule has 0 N–H and O–H groups in total. The highest BCUT2D eigenvalue weighted by molar-refractivity contribution is 7.98. The molecule has 0 unspecified atom stereocenters. The number of benzene rings is 1. The van der Waals surface area contributed by atoms with Crippen LogP contribution in [0, 0.1) is 12.7 Å². The van der Waals surface area contributed by atoms with Crippen LogP contribution >= 0.6 is 11.8 Å². The molecule has 3 heterocycles. The highest BCUT2D eigenvalue weighted by Crippen LogP contribution is 2.25. The molecule has 1 aromatic carbocycles. The number of thioether (sulfide) groups is 1. The van der Waals surface area contributed by atoms with Crippen LogP contribution in [0.4, 0.5) is 4.39 Å². The summed E-state index contributed by atoms with van der Waals surface area (Å²) in [4.78, 5) is 16.3. The smallest absolute Gasteiger partial charge is 0.287 e. The third-order valence-corrected chi connectivity index (χ3v) is 4.22. The molecular weight excluding hydrogens is 347 g/mol. The molecule has 0 saturated carbocycles. The first-order valence-corrected chi connectivity index (χ1v) is 8.29. The highest BCUT2D eigenvalue weighted by atomic mass is 32.2. The second-order valence-electron chi connectivity index (χ2n) is 5.25. The Balaban J connectivity index is 1.52. The molecule has 0 radical (unpaired) electrons. The van der Waals surface area contributed by atoms with Crippen molar-refractivity contribution in [1.29, 1.82) is 0 Å². The molecule has 0 spiro atoms. The number of aromatic nitrogens is 4. The van der Waals surface area contributed by atoms with Crippen LogP contribution in [0.3, 0.4) is 0 Å². The van der Waals surface area contributed by atoms with E-state index in [1.807, 2.05) is 0 Å². The van der Waals surface area contributed by atoms with E-state index in [1.165, 1.54) is 30.0 Å². The average molecular weight is 358 g/mol. The zero-order chi connectivity index (χ0) is 17.4. The highest BCUT2D eigenvalue weighted by Gasteiger charge is 2.11. The number of rotatable bonds is 4. The van der Waals surface area contributed by atoms with Crippen molar-refractivity contribution in [2.75, 3.05) is 0 Å². The van der Waals surface area contributed by atoms with Gasteiger partial charge in [0.15, 0.2) is 5.65 Å². The lowest BCUT2D eigenvalue weighted by molar-refractivity contribution is 0.344. The second kappa shape index (κ2) is 6.17. The van der Waals surface area contributed by atoms with E-state index in [1.54, 1.807) is 25.1 Å². The van der Waals surface area contributed by atoms with Crippen LogP contribution in [0.15, 0.2) is 55.4 Å². The normalized spacial score (nSPS) is 11.3. The summed E-state index contributed by atoms with van der Waals surface area (Å²) in [6, 6.07) is 8.87. The molecular formula is C16H11FN4O3S. The minimum absolute atomic E-state index is 0.286. The second-order valence-corrected chi connectivity index (χ2v) is 6.18. The monoisotopic (exact) mass is 358 g/mol. The van der Waals surface area contributed by atoms with Gasteiger partial charge in [0.2, 0.25) is 5.89 Å². The van der Waals surface area contributed by atoms with Crippen molar-refractivity contribution in [2.24, 2.45) is 0 Å². The zero-order valence-electron chi connectivity index (χ0n) is 13.0. The minimum Gasteiger partial charge on any atom is -0.411 e. The Bertz CT molecular complexity index is 1100. The maximum absolute atomic E-state index is 12.9. The largest absolute Gasteiger partial charge is 0.411 e. The summed E-state index contributed by atoms with van der Waals surface area (Å²) in [5, 5.41) is 8.22. The lowest BCUT2D eigenvalue weighted by Crippen LogP contribution is -2.12. The number of hydrogen-bond acceptors (Lipinski definition) is 7. The molecule has 25 heavy (non-hydrogen) atoms. The van der Waals surface area contributed by atoms with E-state index in [4.69, 9.17) is 8.94 Å². The third-order valence-electron chi connectivity index (χ3n) is 3.37. The van der Waals surface area contributed by atoms with Gasteiger partial charge < -0.3 is 8.94 Å². The van der Waals surface area contributed by atoms with Crippen molar-refractivity contribution in [3.63, 3.8) is 0 Å². The minimum atomic E-state index is -0.333. The summed E-state index contributed by atoms with van der Waals surface area (Å²) in [6.07, 6.45) is 0. The number of aryl methyl sites for hydroxylation is 1. The Kier molecular flexibility index (Phi) is 3.85. The number of nitrogens with zero attached hydrogens (tertiary/aromatic N) is 4. The van der Waals surface area contributed by atoms with Gasteiger partial charge in [0.25, 0.3) is 10.8 Å². The third kappa shape index (κ3) is 3.18. The van der Waals surface area contributed by atoms with Crippen molar-refractivity contribution in [1.82, 2.24) is 19.8 Å². The fourth-order valence-electron chi connectivity index (χ4n) is 2.26.